The third kappa shape index (κ3) is 6.07. The van der Waals surface area contributed by atoms with Crippen LogP contribution in [0.3, 0.4) is 0 Å². The van der Waals surface area contributed by atoms with Crippen molar-refractivity contribution in [2.75, 3.05) is 17.7 Å². The molecule has 8 nitrogen and oxygen atoms in total. The fraction of sp³-hybridized carbons (Fsp3) is 0.290. The van der Waals surface area contributed by atoms with Gasteiger partial charge in [-0.2, -0.15) is 0 Å². The van der Waals surface area contributed by atoms with Crippen LogP contribution < -0.4 is 10.6 Å². The number of amides is 3. The number of alkyl halides is 1. The van der Waals surface area contributed by atoms with Crippen LogP contribution in [0.1, 0.15) is 70.1 Å². The van der Waals surface area contributed by atoms with E-state index in [1.165, 1.54) is 19.4 Å². The molecule has 10 heteroatoms. The van der Waals surface area contributed by atoms with Crippen LogP contribution in [0.25, 0.3) is 16.7 Å². The standard InChI is InChI=1S/C31H32FN5O3S/c1-4-28(38)33-21-9-8-12-23(18-21)37-25-14-13-20(30(40)36(3)22-10-6-5-7-11-22)17-24(25)34-31(37)35-29(39)27-16-15-26(41-27)19(2)32/h4,8-9,12-19,22H,1,5-7,10-11H2,2-3H3,(H,33,38)(H,34,35,39). The van der Waals surface area contributed by atoms with Gasteiger partial charge in [-0.25, -0.2) is 9.37 Å². The van der Waals surface area contributed by atoms with Gasteiger partial charge in [0.15, 0.2) is 0 Å². The first-order chi connectivity index (χ1) is 19.7. The average molecular weight is 574 g/mol. The molecule has 41 heavy (non-hydrogen) atoms. The Morgan fingerprint density at radius 2 is 1.88 bits per heavy atom. The monoisotopic (exact) mass is 573 g/mol. The van der Waals surface area contributed by atoms with Gasteiger partial charge < -0.3 is 10.2 Å². The summed E-state index contributed by atoms with van der Waals surface area (Å²) in [6, 6.07) is 15.8. The van der Waals surface area contributed by atoms with Crippen molar-refractivity contribution in [1.29, 1.82) is 0 Å². The number of imidazole rings is 1. The molecule has 2 heterocycles. The van der Waals surface area contributed by atoms with Gasteiger partial charge in [0, 0.05) is 29.2 Å². The second kappa shape index (κ2) is 12.1. The quantitative estimate of drug-likeness (QED) is 0.224. The SMILES string of the molecule is C=CC(=O)Nc1cccc(-n2c(NC(=O)c3ccc(C(C)F)s3)nc3cc(C(=O)N(C)C4CCCCC4)ccc32)c1. The number of nitrogens with one attached hydrogen (secondary N) is 2. The molecule has 2 aromatic heterocycles. The van der Waals surface area contributed by atoms with Gasteiger partial charge in [0.2, 0.25) is 11.9 Å². The number of anilines is 2. The summed E-state index contributed by atoms with van der Waals surface area (Å²) >= 11 is 1.08. The number of rotatable bonds is 8. The van der Waals surface area contributed by atoms with Crippen LogP contribution in [0.15, 0.2) is 67.3 Å². The van der Waals surface area contributed by atoms with Gasteiger partial charge in [-0.15, -0.1) is 11.3 Å². The summed E-state index contributed by atoms with van der Waals surface area (Å²) in [6.45, 7) is 4.92. The van der Waals surface area contributed by atoms with E-state index in [-0.39, 0.29) is 23.8 Å². The van der Waals surface area contributed by atoms with Crippen molar-refractivity contribution in [3.05, 3.63) is 82.6 Å². The smallest absolute Gasteiger partial charge is 0.268 e. The zero-order valence-corrected chi connectivity index (χ0v) is 23.8. The van der Waals surface area contributed by atoms with Crippen LogP contribution in [0.5, 0.6) is 0 Å². The number of aromatic nitrogens is 2. The molecular weight excluding hydrogens is 541 g/mol. The Labute approximate surface area is 241 Å². The summed E-state index contributed by atoms with van der Waals surface area (Å²) in [5.41, 5.74) is 2.86. The van der Waals surface area contributed by atoms with Gasteiger partial charge in [0.1, 0.15) is 6.17 Å². The van der Waals surface area contributed by atoms with Gasteiger partial charge in [-0.1, -0.05) is 31.9 Å². The number of halogens is 1. The topological polar surface area (TPSA) is 96.3 Å². The fourth-order valence-corrected chi connectivity index (χ4v) is 6.00. The molecule has 2 N–H and O–H groups in total. The Hall–Kier alpha value is -4.31. The van der Waals surface area contributed by atoms with E-state index in [1.54, 1.807) is 47.0 Å². The lowest BCUT2D eigenvalue weighted by Crippen LogP contribution is -2.38. The third-order valence-corrected chi connectivity index (χ3v) is 8.61. The number of fused-ring (bicyclic) bond motifs is 1. The first-order valence-corrected chi connectivity index (χ1v) is 14.5. The van der Waals surface area contributed by atoms with Gasteiger partial charge in [0.25, 0.3) is 11.8 Å². The van der Waals surface area contributed by atoms with Gasteiger partial charge in [-0.3, -0.25) is 24.3 Å². The number of hydrogen-bond acceptors (Lipinski definition) is 5. The third-order valence-electron chi connectivity index (χ3n) is 7.37. The van der Waals surface area contributed by atoms with Crippen LogP contribution in [0.4, 0.5) is 16.0 Å². The van der Waals surface area contributed by atoms with E-state index in [0.29, 0.717) is 37.7 Å². The van der Waals surface area contributed by atoms with Crippen molar-refractivity contribution >= 4 is 51.7 Å². The van der Waals surface area contributed by atoms with Crippen LogP contribution in [-0.4, -0.2) is 45.3 Å². The van der Waals surface area contributed by atoms with Gasteiger partial charge in [0.05, 0.1) is 21.6 Å². The molecule has 0 radical (unpaired) electrons. The Balaban J connectivity index is 1.54. The minimum atomic E-state index is -1.18. The van der Waals surface area contributed by atoms with Crippen molar-refractivity contribution < 1.29 is 18.8 Å². The number of thiophene rings is 1. The maximum Gasteiger partial charge on any atom is 0.268 e. The molecule has 1 aliphatic carbocycles. The number of benzene rings is 2. The summed E-state index contributed by atoms with van der Waals surface area (Å²) in [6.07, 6.45) is 5.45. The molecule has 1 aliphatic rings. The summed E-state index contributed by atoms with van der Waals surface area (Å²) in [4.78, 5) is 45.8. The zero-order chi connectivity index (χ0) is 29.1. The number of carbonyl (C=O) groups excluding carboxylic acids is 3. The molecule has 0 bridgehead atoms. The van der Waals surface area contributed by atoms with Crippen molar-refractivity contribution in [3.8, 4) is 5.69 Å². The maximum absolute atomic E-state index is 13.8. The summed E-state index contributed by atoms with van der Waals surface area (Å²) < 4.78 is 15.5. The highest BCUT2D eigenvalue weighted by Gasteiger charge is 2.24. The Bertz CT molecular complexity index is 1620. The van der Waals surface area contributed by atoms with Crippen molar-refractivity contribution in [2.24, 2.45) is 0 Å². The van der Waals surface area contributed by atoms with Crippen LogP contribution in [0.2, 0.25) is 0 Å². The number of hydrogen-bond donors (Lipinski definition) is 2. The molecule has 1 fully saturated rings. The molecule has 1 saturated carbocycles. The molecule has 2 aromatic carbocycles. The number of nitrogens with zero attached hydrogens (tertiary/aromatic N) is 3. The highest BCUT2D eigenvalue weighted by molar-refractivity contribution is 7.14. The molecule has 1 atom stereocenters. The summed E-state index contributed by atoms with van der Waals surface area (Å²) in [7, 11) is 1.85. The molecule has 0 aliphatic heterocycles. The van der Waals surface area contributed by atoms with E-state index in [0.717, 1.165) is 37.0 Å². The average Bonchev–Trinajstić information content (AvgIpc) is 3.62. The van der Waals surface area contributed by atoms with E-state index in [1.807, 2.05) is 24.1 Å². The van der Waals surface area contributed by atoms with Crippen LogP contribution >= 0.6 is 11.3 Å². The van der Waals surface area contributed by atoms with Gasteiger partial charge >= 0.3 is 0 Å². The molecular formula is C31H32FN5O3S. The van der Waals surface area contributed by atoms with Crippen LogP contribution in [-0.2, 0) is 4.79 Å². The first kappa shape index (κ1) is 28.2. The van der Waals surface area contributed by atoms with Crippen molar-refractivity contribution in [3.63, 3.8) is 0 Å². The number of carbonyl (C=O) groups is 3. The van der Waals surface area contributed by atoms with E-state index in [9.17, 15) is 18.8 Å². The van der Waals surface area contributed by atoms with Crippen molar-refractivity contribution in [2.45, 2.75) is 51.2 Å². The summed E-state index contributed by atoms with van der Waals surface area (Å²) in [5.74, 6) is -0.625. The zero-order valence-electron chi connectivity index (χ0n) is 23.0. The molecule has 5 rings (SSSR count). The first-order valence-electron chi connectivity index (χ1n) is 13.6. The van der Waals surface area contributed by atoms with E-state index >= 15 is 0 Å². The van der Waals surface area contributed by atoms with Gasteiger partial charge in [-0.05, 0) is 74.4 Å². The lowest BCUT2D eigenvalue weighted by atomic mass is 9.94. The largest absolute Gasteiger partial charge is 0.339 e. The molecule has 4 aromatic rings. The van der Waals surface area contributed by atoms with E-state index < -0.39 is 12.1 Å². The second-order valence-electron chi connectivity index (χ2n) is 10.2. The maximum atomic E-state index is 13.8. The Morgan fingerprint density at radius 1 is 1.10 bits per heavy atom. The minimum Gasteiger partial charge on any atom is -0.339 e. The predicted octanol–water partition coefficient (Wildman–Crippen LogP) is 6.90. The lowest BCUT2D eigenvalue weighted by Gasteiger charge is -2.31. The Morgan fingerprint density at radius 3 is 2.59 bits per heavy atom. The molecule has 0 spiro atoms. The fourth-order valence-electron chi connectivity index (χ4n) is 5.16. The van der Waals surface area contributed by atoms with Crippen molar-refractivity contribution in [1.82, 2.24) is 14.5 Å². The normalized spacial score (nSPS) is 14.4. The molecule has 212 valence electrons. The van der Waals surface area contributed by atoms with Crippen LogP contribution in [0, 0.1) is 0 Å². The highest BCUT2D eigenvalue weighted by Crippen LogP contribution is 2.30. The van der Waals surface area contributed by atoms with E-state index in [2.05, 4.69) is 17.2 Å². The molecule has 3 amide bonds. The Kier molecular flexibility index (Phi) is 8.30. The second-order valence-corrected chi connectivity index (χ2v) is 11.3. The summed E-state index contributed by atoms with van der Waals surface area (Å²) in [5, 5.41) is 5.61. The van der Waals surface area contributed by atoms with E-state index in [4.69, 9.17) is 4.98 Å². The molecule has 1 unspecified atom stereocenters. The molecule has 0 saturated heterocycles. The minimum absolute atomic E-state index is 0.0699. The predicted molar refractivity (Wildman–Crippen MR) is 161 cm³/mol. The highest BCUT2D eigenvalue weighted by atomic mass is 32.1. The lowest BCUT2D eigenvalue weighted by molar-refractivity contribution is -0.111.